The van der Waals surface area contributed by atoms with Crippen LogP contribution in [0, 0.1) is 0 Å². The number of carbonyl (C=O) groups is 1. The van der Waals surface area contributed by atoms with Gasteiger partial charge in [0.2, 0.25) is 5.75 Å². The minimum atomic E-state index is -0.553. The number of benzene rings is 4. The van der Waals surface area contributed by atoms with Gasteiger partial charge < -0.3 is 28.4 Å². The van der Waals surface area contributed by atoms with Crippen molar-refractivity contribution in [1.29, 1.82) is 0 Å². The van der Waals surface area contributed by atoms with Crippen LogP contribution >= 0.6 is 11.6 Å². The van der Waals surface area contributed by atoms with Gasteiger partial charge in [-0.1, -0.05) is 18.2 Å². The van der Waals surface area contributed by atoms with Crippen LogP contribution < -0.4 is 28.4 Å². The smallest absolute Gasteiger partial charge is 0.326 e. The molecule has 4 aliphatic rings. The summed E-state index contributed by atoms with van der Waals surface area (Å²) in [5.74, 6) is 3.60. The Bertz CT molecular complexity index is 1880. The molecule has 0 spiro atoms. The van der Waals surface area contributed by atoms with Crippen LogP contribution in [0.2, 0.25) is 0 Å². The van der Waals surface area contributed by atoms with Crippen LogP contribution in [-0.4, -0.2) is 70.2 Å². The molecule has 0 amide bonds. The van der Waals surface area contributed by atoms with E-state index in [1.54, 1.807) is 27.4 Å². The Morgan fingerprint density at radius 3 is 2.12 bits per heavy atom. The van der Waals surface area contributed by atoms with Crippen LogP contribution in [0.25, 0.3) is 0 Å². The highest BCUT2D eigenvalue weighted by molar-refractivity contribution is 6.26. The Morgan fingerprint density at radius 2 is 1.41 bits per heavy atom. The molecule has 4 aliphatic heterocycles. The molecule has 10 heteroatoms. The minimum Gasteiger partial charge on any atom is -0.493 e. The quantitative estimate of drug-likeness (QED) is 0.122. The summed E-state index contributed by atoms with van der Waals surface area (Å²) in [7, 11) is 9.26. The molecule has 9 nitrogen and oxygen atoms in total. The predicted octanol–water partition coefficient (Wildman–Crippen LogP) is 7.30. The van der Waals surface area contributed by atoms with E-state index in [-0.39, 0.29) is 18.0 Å². The lowest BCUT2D eigenvalue weighted by Crippen LogP contribution is -2.34. The van der Waals surface area contributed by atoms with Crippen molar-refractivity contribution in [3.63, 3.8) is 0 Å². The summed E-state index contributed by atoms with van der Waals surface area (Å²) >= 11 is 5.80. The molecule has 0 radical (unpaired) electrons. The molecule has 0 fully saturated rings. The van der Waals surface area contributed by atoms with E-state index in [1.807, 2.05) is 24.3 Å². The monoisotopic (exact) mass is 684 g/mol. The van der Waals surface area contributed by atoms with Crippen molar-refractivity contribution in [1.82, 2.24) is 9.80 Å². The summed E-state index contributed by atoms with van der Waals surface area (Å²) in [5.41, 5.74) is 6.75. The number of likely N-dealkylation sites (N-methyl/N-ethyl adjacent to an activating group) is 2. The van der Waals surface area contributed by atoms with E-state index in [0.717, 1.165) is 54.6 Å². The van der Waals surface area contributed by atoms with Gasteiger partial charge in [0, 0.05) is 30.7 Å². The molecule has 6 bridgehead atoms. The first-order valence-electron chi connectivity index (χ1n) is 16.5. The van der Waals surface area contributed by atoms with E-state index in [4.69, 9.17) is 40.0 Å². The Hall–Kier alpha value is -4.44. The van der Waals surface area contributed by atoms with Crippen LogP contribution in [0.5, 0.6) is 46.0 Å². The summed E-state index contributed by atoms with van der Waals surface area (Å²) < 4.78 is 36.9. The van der Waals surface area contributed by atoms with E-state index < -0.39 is 5.97 Å². The first-order chi connectivity index (χ1) is 23.8. The van der Waals surface area contributed by atoms with Gasteiger partial charge in [0.25, 0.3) is 0 Å². The topological polar surface area (TPSA) is 78.9 Å². The van der Waals surface area contributed by atoms with Gasteiger partial charge in [0.05, 0.1) is 21.3 Å². The number of nitrogens with zero attached hydrogens (tertiary/aromatic N) is 2. The zero-order valence-corrected chi connectivity index (χ0v) is 29.3. The Balaban J connectivity index is 1.45. The van der Waals surface area contributed by atoms with Crippen LogP contribution in [-0.2, 0) is 30.5 Å². The van der Waals surface area contributed by atoms with E-state index in [2.05, 4.69) is 54.2 Å². The third kappa shape index (κ3) is 6.38. The fraction of sp³-hybridized carbons (Fsp3) is 0.359. The van der Waals surface area contributed by atoms with Gasteiger partial charge >= 0.3 is 5.97 Å². The number of halogens is 1. The number of hydrogen-bond donors (Lipinski definition) is 0. The number of esters is 1. The second-order valence-corrected chi connectivity index (χ2v) is 13.1. The SMILES string of the molecule is COc1cc2c3cc1Oc1c(OC)c(OC)cc4c1[C@@H](Cc1ccc(OC(=O)CCl)c(c1)Oc1ccc(cc1)C[C@@H]3N(C)CC2)N(C)CC4. The molecule has 4 heterocycles. The summed E-state index contributed by atoms with van der Waals surface area (Å²) in [6, 6.07) is 20.1. The van der Waals surface area contributed by atoms with Crippen molar-refractivity contribution in [2.45, 2.75) is 37.8 Å². The molecule has 0 saturated heterocycles. The predicted molar refractivity (Wildman–Crippen MR) is 187 cm³/mol. The second kappa shape index (κ2) is 13.8. The van der Waals surface area contributed by atoms with Crippen molar-refractivity contribution in [3.05, 3.63) is 94.0 Å². The Morgan fingerprint density at radius 1 is 0.755 bits per heavy atom. The molecule has 0 unspecified atom stereocenters. The molecule has 0 aromatic heterocycles. The number of ether oxygens (including phenoxy) is 6. The van der Waals surface area contributed by atoms with Gasteiger partial charge in [0.1, 0.15) is 11.6 Å². The molecule has 0 N–H and O–H groups in total. The van der Waals surface area contributed by atoms with Gasteiger partial charge in [-0.2, -0.15) is 0 Å². The second-order valence-electron chi connectivity index (χ2n) is 12.9. The van der Waals surface area contributed by atoms with Crippen LogP contribution in [0.1, 0.15) is 45.5 Å². The number of carbonyl (C=O) groups excluding carboxylic acids is 1. The van der Waals surface area contributed by atoms with Crippen molar-refractivity contribution in [2.24, 2.45) is 0 Å². The van der Waals surface area contributed by atoms with Crippen LogP contribution in [0.3, 0.4) is 0 Å². The van der Waals surface area contributed by atoms with Crippen LogP contribution in [0.4, 0.5) is 0 Å². The maximum Gasteiger partial charge on any atom is 0.326 e. The zero-order chi connectivity index (χ0) is 34.2. The summed E-state index contributed by atoms with van der Waals surface area (Å²) in [6.45, 7) is 1.76. The van der Waals surface area contributed by atoms with Gasteiger partial charge in [-0.05, 0) is 110 Å². The lowest BCUT2D eigenvalue weighted by molar-refractivity contribution is -0.131. The molecule has 256 valence electrons. The molecule has 2 atom stereocenters. The number of rotatable bonds is 5. The van der Waals surface area contributed by atoms with Crippen LogP contribution in [0.15, 0.2) is 60.7 Å². The average Bonchev–Trinajstić information content (AvgIpc) is 3.11. The molecule has 0 saturated carbocycles. The third-order valence-electron chi connectivity index (χ3n) is 9.96. The summed E-state index contributed by atoms with van der Waals surface area (Å²) in [6.07, 6.45) is 3.12. The first-order valence-corrected chi connectivity index (χ1v) is 17.1. The standard InChI is InChI=1S/C39H41ClN2O7/c1-41-14-12-25-19-32(44-3)34-21-28(25)29(41)16-23-6-9-27(10-7-23)47-33-18-24(8-11-31(33)48-36(43)22-40)17-30-37-26(13-15-42(30)2)20-35(45-4)38(46-5)39(37)49-34/h6-11,18-21,29-30H,12-17,22H2,1-5H3/t29-,30+/m0/s1. The molecule has 4 aromatic rings. The molecule has 4 aromatic carbocycles. The maximum absolute atomic E-state index is 12.3. The van der Waals surface area contributed by atoms with Crippen molar-refractivity contribution < 1.29 is 33.2 Å². The Kier molecular flexibility index (Phi) is 9.33. The van der Waals surface area contributed by atoms with Crippen molar-refractivity contribution in [3.8, 4) is 46.0 Å². The van der Waals surface area contributed by atoms with E-state index in [1.165, 1.54) is 11.1 Å². The molecule has 0 aliphatic carbocycles. The lowest BCUT2D eigenvalue weighted by Gasteiger charge is -2.37. The minimum absolute atomic E-state index is 0.0941. The fourth-order valence-electron chi connectivity index (χ4n) is 7.34. The third-order valence-corrected chi connectivity index (χ3v) is 10.2. The van der Waals surface area contributed by atoms with Crippen molar-refractivity contribution in [2.75, 3.05) is 54.4 Å². The molecular weight excluding hydrogens is 644 g/mol. The van der Waals surface area contributed by atoms with E-state index >= 15 is 0 Å². The van der Waals surface area contributed by atoms with E-state index in [9.17, 15) is 4.79 Å². The van der Waals surface area contributed by atoms with Gasteiger partial charge in [-0.15, -0.1) is 11.6 Å². The number of hydrogen-bond acceptors (Lipinski definition) is 9. The van der Waals surface area contributed by atoms with E-state index in [0.29, 0.717) is 52.4 Å². The van der Waals surface area contributed by atoms with Gasteiger partial charge in [0.15, 0.2) is 34.5 Å². The van der Waals surface area contributed by atoms with Gasteiger partial charge in [-0.25, -0.2) is 0 Å². The number of methoxy groups -OCH3 is 3. The number of alkyl halides is 1. The summed E-state index contributed by atoms with van der Waals surface area (Å²) in [5, 5.41) is 0. The van der Waals surface area contributed by atoms with Crippen molar-refractivity contribution >= 4 is 17.6 Å². The zero-order valence-electron chi connectivity index (χ0n) is 28.5. The van der Waals surface area contributed by atoms with Gasteiger partial charge in [-0.3, -0.25) is 14.6 Å². The summed E-state index contributed by atoms with van der Waals surface area (Å²) in [4.78, 5) is 17.0. The molecule has 49 heavy (non-hydrogen) atoms. The first kappa shape index (κ1) is 33.1. The molecule has 8 rings (SSSR count). The maximum atomic E-state index is 12.3. The highest BCUT2D eigenvalue weighted by atomic mass is 35.5. The molecular formula is C39H41ClN2O7. The fourth-order valence-corrected chi connectivity index (χ4v) is 7.40. The number of fused-ring (bicyclic) bond motifs is 2. The Labute approximate surface area is 292 Å². The highest BCUT2D eigenvalue weighted by Crippen LogP contribution is 2.52. The highest BCUT2D eigenvalue weighted by Gasteiger charge is 2.35. The average molecular weight is 685 g/mol. The lowest BCUT2D eigenvalue weighted by atomic mass is 9.87. The normalized spacial score (nSPS) is 18.7. The largest absolute Gasteiger partial charge is 0.493 e.